The molecule has 0 unspecified atom stereocenters. The highest BCUT2D eigenvalue weighted by atomic mass is 16.1. The molecular formula is C16H21N3O. The summed E-state index contributed by atoms with van der Waals surface area (Å²) in [4.78, 5) is 16.2. The van der Waals surface area contributed by atoms with E-state index in [-0.39, 0.29) is 5.91 Å². The van der Waals surface area contributed by atoms with Gasteiger partial charge in [0.1, 0.15) is 0 Å². The summed E-state index contributed by atoms with van der Waals surface area (Å²) in [6.45, 7) is 3.24. The van der Waals surface area contributed by atoms with Gasteiger partial charge in [-0.2, -0.15) is 0 Å². The van der Waals surface area contributed by atoms with Crippen molar-refractivity contribution in [3.63, 3.8) is 0 Å². The first-order chi connectivity index (χ1) is 9.69. The Morgan fingerprint density at radius 2 is 2.30 bits per heavy atom. The predicted molar refractivity (Wildman–Crippen MR) is 79.1 cm³/mol. The Bertz CT molecular complexity index is 533. The number of carbonyl (C=O) groups excluding carboxylic acids is 1. The zero-order valence-electron chi connectivity index (χ0n) is 11.9. The summed E-state index contributed by atoms with van der Waals surface area (Å²) in [5, 5.41) is 3.02. The number of carbonyl (C=O) groups is 1. The fourth-order valence-electron chi connectivity index (χ4n) is 2.49. The molecule has 0 saturated heterocycles. The minimum Gasteiger partial charge on any atom is -0.351 e. The zero-order valence-corrected chi connectivity index (χ0v) is 11.9. The summed E-state index contributed by atoms with van der Waals surface area (Å²) >= 11 is 0. The number of pyridine rings is 1. The molecule has 4 heteroatoms. The lowest BCUT2D eigenvalue weighted by Gasteiger charge is -2.41. The number of hydrogen-bond acceptors (Lipinski definition) is 3. The number of aromatic nitrogens is 1. The van der Waals surface area contributed by atoms with Crippen LogP contribution in [0.5, 0.6) is 0 Å². The van der Waals surface area contributed by atoms with Gasteiger partial charge in [-0.1, -0.05) is 25.2 Å². The maximum Gasteiger partial charge on any atom is 0.252 e. The van der Waals surface area contributed by atoms with Crippen LogP contribution in [0, 0.1) is 17.3 Å². The van der Waals surface area contributed by atoms with Crippen LogP contribution in [-0.2, 0) is 0 Å². The van der Waals surface area contributed by atoms with Crippen molar-refractivity contribution in [2.45, 2.75) is 32.6 Å². The summed E-state index contributed by atoms with van der Waals surface area (Å²) in [6, 6.07) is 1.75. The van der Waals surface area contributed by atoms with Gasteiger partial charge < -0.3 is 11.1 Å². The number of nitrogens with one attached hydrogen (secondary N) is 1. The molecule has 1 saturated carbocycles. The van der Waals surface area contributed by atoms with E-state index >= 15 is 0 Å². The van der Waals surface area contributed by atoms with E-state index in [2.05, 4.69) is 29.1 Å². The standard InChI is InChI=1S/C16H21N3O/c1-2-16(6-4-7-16)12-19-15(20)14-9-13(5-3-8-17)10-18-11-14/h9-11H,2,4,6-8,12,17H2,1H3,(H,19,20). The van der Waals surface area contributed by atoms with Crippen molar-refractivity contribution in [1.29, 1.82) is 0 Å². The van der Waals surface area contributed by atoms with Gasteiger partial charge in [-0.25, -0.2) is 0 Å². The molecule has 1 heterocycles. The molecule has 1 aromatic rings. The van der Waals surface area contributed by atoms with Gasteiger partial charge >= 0.3 is 0 Å². The highest BCUT2D eigenvalue weighted by Crippen LogP contribution is 2.43. The van der Waals surface area contributed by atoms with Gasteiger partial charge in [0.25, 0.3) is 5.91 Å². The van der Waals surface area contributed by atoms with Crippen LogP contribution in [0.25, 0.3) is 0 Å². The van der Waals surface area contributed by atoms with E-state index in [9.17, 15) is 4.79 Å². The third kappa shape index (κ3) is 3.37. The summed E-state index contributed by atoms with van der Waals surface area (Å²) in [5.41, 5.74) is 6.93. The fourth-order valence-corrected chi connectivity index (χ4v) is 2.49. The zero-order chi connectivity index (χ0) is 14.4. The van der Waals surface area contributed by atoms with Crippen molar-refractivity contribution in [2.75, 3.05) is 13.1 Å². The Labute approximate surface area is 120 Å². The number of nitrogens with zero attached hydrogens (tertiary/aromatic N) is 1. The summed E-state index contributed by atoms with van der Waals surface area (Å²) < 4.78 is 0. The SMILES string of the molecule is CCC1(CNC(=O)c2cncc(C#CCN)c2)CCC1. The highest BCUT2D eigenvalue weighted by Gasteiger charge is 2.35. The highest BCUT2D eigenvalue weighted by molar-refractivity contribution is 5.94. The van der Waals surface area contributed by atoms with Crippen LogP contribution in [0.4, 0.5) is 0 Å². The lowest BCUT2D eigenvalue weighted by Crippen LogP contribution is -2.41. The van der Waals surface area contributed by atoms with Crippen LogP contribution in [0.15, 0.2) is 18.5 Å². The molecular weight excluding hydrogens is 250 g/mol. The van der Waals surface area contributed by atoms with Crippen LogP contribution < -0.4 is 11.1 Å². The molecule has 3 N–H and O–H groups in total. The van der Waals surface area contributed by atoms with Crippen molar-refractivity contribution in [3.8, 4) is 11.8 Å². The second-order valence-electron chi connectivity index (χ2n) is 5.36. The molecule has 0 aliphatic heterocycles. The van der Waals surface area contributed by atoms with E-state index in [1.807, 2.05) is 0 Å². The smallest absolute Gasteiger partial charge is 0.252 e. The topological polar surface area (TPSA) is 68.0 Å². The quantitative estimate of drug-likeness (QED) is 0.819. The minimum atomic E-state index is -0.0753. The lowest BCUT2D eigenvalue weighted by atomic mass is 9.67. The third-order valence-corrected chi connectivity index (χ3v) is 4.12. The molecule has 1 aliphatic carbocycles. The largest absolute Gasteiger partial charge is 0.351 e. The molecule has 2 rings (SSSR count). The van der Waals surface area contributed by atoms with Gasteiger partial charge in [0.05, 0.1) is 12.1 Å². The van der Waals surface area contributed by atoms with Gasteiger partial charge in [-0.3, -0.25) is 9.78 Å². The maximum atomic E-state index is 12.1. The van der Waals surface area contributed by atoms with Crippen LogP contribution in [-0.4, -0.2) is 24.0 Å². The molecule has 4 nitrogen and oxygen atoms in total. The number of hydrogen-bond donors (Lipinski definition) is 2. The molecule has 1 amide bonds. The first-order valence-electron chi connectivity index (χ1n) is 7.11. The van der Waals surface area contributed by atoms with E-state index in [0.29, 0.717) is 17.5 Å². The van der Waals surface area contributed by atoms with Crippen LogP contribution in [0.3, 0.4) is 0 Å². The van der Waals surface area contributed by atoms with Crippen LogP contribution in [0.2, 0.25) is 0 Å². The molecule has 0 aromatic carbocycles. The van der Waals surface area contributed by atoms with Crippen LogP contribution in [0.1, 0.15) is 48.5 Å². The van der Waals surface area contributed by atoms with Gasteiger partial charge in [0.2, 0.25) is 0 Å². The second-order valence-corrected chi connectivity index (χ2v) is 5.36. The van der Waals surface area contributed by atoms with Crippen molar-refractivity contribution >= 4 is 5.91 Å². The molecule has 0 atom stereocenters. The summed E-state index contributed by atoms with van der Waals surface area (Å²) in [5.74, 6) is 5.57. The van der Waals surface area contributed by atoms with Gasteiger partial charge in [-0.15, -0.1) is 0 Å². The van der Waals surface area contributed by atoms with Gasteiger partial charge in [-0.05, 0) is 30.7 Å². The third-order valence-electron chi connectivity index (χ3n) is 4.12. The first kappa shape index (κ1) is 14.5. The van der Waals surface area contributed by atoms with E-state index in [1.165, 1.54) is 19.3 Å². The first-order valence-corrected chi connectivity index (χ1v) is 7.11. The Morgan fingerprint density at radius 3 is 2.90 bits per heavy atom. The van der Waals surface area contributed by atoms with Gasteiger partial charge in [0, 0.05) is 24.5 Å². The Morgan fingerprint density at radius 1 is 1.50 bits per heavy atom. The molecule has 0 spiro atoms. The van der Waals surface area contributed by atoms with Crippen molar-refractivity contribution in [3.05, 3.63) is 29.6 Å². The van der Waals surface area contributed by atoms with E-state index in [1.54, 1.807) is 18.5 Å². The molecule has 1 fully saturated rings. The van der Waals surface area contributed by atoms with Crippen molar-refractivity contribution in [1.82, 2.24) is 10.3 Å². The van der Waals surface area contributed by atoms with E-state index in [0.717, 1.165) is 18.5 Å². The maximum absolute atomic E-state index is 12.1. The number of rotatable bonds is 4. The summed E-state index contributed by atoms with van der Waals surface area (Å²) in [6.07, 6.45) is 8.03. The molecule has 0 radical (unpaired) electrons. The van der Waals surface area contributed by atoms with Crippen LogP contribution >= 0.6 is 0 Å². The molecule has 1 aliphatic rings. The van der Waals surface area contributed by atoms with E-state index < -0.39 is 0 Å². The fraction of sp³-hybridized carbons (Fsp3) is 0.500. The Hall–Kier alpha value is -1.86. The predicted octanol–water partition coefficient (Wildman–Crippen LogP) is 1.70. The Balaban J connectivity index is 1.98. The molecule has 20 heavy (non-hydrogen) atoms. The monoisotopic (exact) mass is 271 g/mol. The van der Waals surface area contributed by atoms with Crippen molar-refractivity contribution in [2.24, 2.45) is 11.1 Å². The van der Waals surface area contributed by atoms with Crippen molar-refractivity contribution < 1.29 is 4.79 Å². The van der Waals surface area contributed by atoms with Gasteiger partial charge in [0.15, 0.2) is 0 Å². The number of nitrogens with two attached hydrogens (primary N) is 1. The second kappa shape index (κ2) is 6.53. The molecule has 1 aromatic heterocycles. The average Bonchev–Trinajstić information content (AvgIpc) is 2.44. The normalized spacial score (nSPS) is 15.7. The average molecular weight is 271 g/mol. The Kier molecular flexibility index (Phi) is 4.75. The molecule has 0 bridgehead atoms. The number of amides is 1. The minimum absolute atomic E-state index is 0.0753. The summed E-state index contributed by atoms with van der Waals surface area (Å²) in [7, 11) is 0. The lowest BCUT2D eigenvalue weighted by molar-refractivity contribution is 0.0849. The molecule has 106 valence electrons. The van der Waals surface area contributed by atoms with E-state index in [4.69, 9.17) is 5.73 Å².